The topological polar surface area (TPSA) is 58.3 Å². The van der Waals surface area contributed by atoms with E-state index in [2.05, 4.69) is 56.9 Å². The van der Waals surface area contributed by atoms with Crippen LogP contribution in [0, 0.1) is 12.8 Å². The maximum Gasteiger partial charge on any atom is 0.193 e. The molecule has 1 saturated heterocycles. The summed E-state index contributed by atoms with van der Waals surface area (Å²) in [5.41, 5.74) is 1.14. The largest absolute Gasteiger partial charge is 0.352 e. The molecule has 6 nitrogen and oxygen atoms in total. The van der Waals surface area contributed by atoms with E-state index in [1.54, 1.807) is 6.20 Å². The molecule has 3 heterocycles. The zero-order chi connectivity index (χ0) is 18.5. The van der Waals surface area contributed by atoms with Gasteiger partial charge in [-0.05, 0) is 24.5 Å². The number of guanidine groups is 1. The average molecular weight is 373 g/mol. The molecule has 1 aliphatic rings. The van der Waals surface area contributed by atoms with Gasteiger partial charge in [0.2, 0.25) is 0 Å². The molecule has 1 N–H and O–H groups in total. The van der Waals surface area contributed by atoms with Crippen LogP contribution in [-0.2, 0) is 6.54 Å². The second-order valence-corrected chi connectivity index (χ2v) is 8.22. The number of pyridine rings is 1. The van der Waals surface area contributed by atoms with Crippen molar-refractivity contribution in [3.8, 4) is 5.82 Å². The van der Waals surface area contributed by atoms with Crippen molar-refractivity contribution in [1.29, 1.82) is 0 Å². The van der Waals surface area contributed by atoms with E-state index in [0.29, 0.717) is 11.2 Å². The molecule has 0 spiro atoms. The quantitative estimate of drug-likeness (QED) is 0.661. The van der Waals surface area contributed by atoms with Crippen LogP contribution in [0.2, 0.25) is 0 Å². The number of aromatic nitrogens is 3. The summed E-state index contributed by atoms with van der Waals surface area (Å²) in [6.45, 7) is 9.39. The predicted octanol–water partition coefficient (Wildman–Crippen LogP) is 2.72. The smallest absolute Gasteiger partial charge is 0.193 e. The van der Waals surface area contributed by atoms with Gasteiger partial charge in [0.05, 0.1) is 0 Å². The highest BCUT2D eigenvalue weighted by Gasteiger charge is 2.24. The summed E-state index contributed by atoms with van der Waals surface area (Å²) in [5.74, 6) is 4.64. The zero-order valence-corrected chi connectivity index (χ0v) is 16.8. The molecule has 2 aromatic heterocycles. The van der Waals surface area contributed by atoms with Gasteiger partial charge in [-0.2, -0.15) is 11.8 Å². The van der Waals surface area contributed by atoms with Crippen molar-refractivity contribution in [3.05, 3.63) is 42.1 Å². The lowest BCUT2D eigenvalue weighted by Gasteiger charge is -2.36. The fourth-order valence-corrected chi connectivity index (χ4v) is 4.37. The molecule has 0 saturated carbocycles. The van der Waals surface area contributed by atoms with Gasteiger partial charge in [0.15, 0.2) is 5.96 Å². The first-order valence-electron chi connectivity index (χ1n) is 9.11. The van der Waals surface area contributed by atoms with Crippen molar-refractivity contribution in [2.75, 3.05) is 25.9 Å². The van der Waals surface area contributed by atoms with Crippen LogP contribution in [-0.4, -0.2) is 56.5 Å². The summed E-state index contributed by atoms with van der Waals surface area (Å²) in [7, 11) is 1.86. The normalized spacial score (nSPS) is 18.4. The Bertz CT molecular complexity index is 737. The van der Waals surface area contributed by atoms with Crippen molar-refractivity contribution in [3.63, 3.8) is 0 Å². The average Bonchev–Trinajstić information content (AvgIpc) is 3.09. The summed E-state index contributed by atoms with van der Waals surface area (Å²) in [6, 6.07) is 4.13. The number of hydrogen-bond donors (Lipinski definition) is 1. The fourth-order valence-electron chi connectivity index (χ4n) is 3.07. The third-order valence-electron chi connectivity index (χ3n) is 4.68. The summed E-state index contributed by atoms with van der Waals surface area (Å²) in [6.07, 6.45) is 5.63. The van der Waals surface area contributed by atoms with Gasteiger partial charge in [0, 0.05) is 56.3 Å². The van der Waals surface area contributed by atoms with E-state index in [1.807, 2.05) is 37.0 Å². The highest BCUT2D eigenvalue weighted by Crippen LogP contribution is 2.24. The Morgan fingerprint density at radius 3 is 2.85 bits per heavy atom. The number of aliphatic imine (C=N–C) groups is 1. The van der Waals surface area contributed by atoms with Crippen LogP contribution in [0.3, 0.4) is 0 Å². The lowest BCUT2D eigenvalue weighted by atomic mass is 10.1. The molecule has 1 atom stereocenters. The third kappa shape index (κ3) is 4.38. The Balaban J connectivity index is 1.59. The molecular formula is C19H28N6S. The third-order valence-corrected chi connectivity index (χ3v) is 6.22. The standard InChI is InChI=1S/C19H28N6S/c1-14(2)17-13-24(9-10-26-17)19(20-4)23-12-16-5-6-18(22-11-16)25-8-7-21-15(25)3/h5-8,11,14,17H,9-10,12-13H2,1-4H3,(H,20,23). The molecule has 1 unspecified atom stereocenters. The predicted molar refractivity (Wildman–Crippen MR) is 109 cm³/mol. The Morgan fingerprint density at radius 1 is 1.38 bits per heavy atom. The fraction of sp³-hybridized carbons (Fsp3) is 0.526. The molecule has 7 heteroatoms. The Kier molecular flexibility index (Phi) is 6.19. The van der Waals surface area contributed by atoms with E-state index < -0.39 is 0 Å². The molecule has 0 aromatic carbocycles. The molecular weight excluding hydrogens is 344 g/mol. The van der Waals surface area contributed by atoms with E-state index in [4.69, 9.17) is 0 Å². The molecule has 0 bridgehead atoms. The minimum atomic E-state index is 0.668. The summed E-state index contributed by atoms with van der Waals surface area (Å²) < 4.78 is 1.98. The number of hydrogen-bond acceptors (Lipinski definition) is 4. The van der Waals surface area contributed by atoms with Gasteiger partial charge in [-0.15, -0.1) is 0 Å². The van der Waals surface area contributed by atoms with Crippen LogP contribution < -0.4 is 5.32 Å². The summed E-state index contributed by atoms with van der Waals surface area (Å²) in [5, 5.41) is 4.16. The van der Waals surface area contributed by atoms with Crippen molar-refractivity contribution < 1.29 is 0 Å². The molecule has 1 aliphatic heterocycles. The van der Waals surface area contributed by atoms with Crippen molar-refractivity contribution in [2.45, 2.75) is 32.6 Å². The van der Waals surface area contributed by atoms with Crippen LogP contribution in [0.4, 0.5) is 0 Å². The molecule has 0 amide bonds. The molecule has 1 fully saturated rings. The van der Waals surface area contributed by atoms with E-state index in [0.717, 1.165) is 48.6 Å². The number of aryl methyl sites for hydroxylation is 1. The minimum absolute atomic E-state index is 0.668. The number of thioether (sulfide) groups is 1. The maximum absolute atomic E-state index is 4.56. The van der Waals surface area contributed by atoms with Crippen LogP contribution in [0.1, 0.15) is 25.2 Å². The summed E-state index contributed by atoms with van der Waals surface area (Å²) in [4.78, 5) is 15.7. The molecule has 3 rings (SSSR count). The Labute approximate surface area is 160 Å². The number of nitrogens with zero attached hydrogens (tertiary/aromatic N) is 5. The second kappa shape index (κ2) is 8.58. The zero-order valence-electron chi connectivity index (χ0n) is 16.0. The van der Waals surface area contributed by atoms with Crippen LogP contribution in [0.15, 0.2) is 35.7 Å². The minimum Gasteiger partial charge on any atom is -0.352 e. The van der Waals surface area contributed by atoms with Crippen LogP contribution >= 0.6 is 11.8 Å². The lowest BCUT2D eigenvalue weighted by Crippen LogP contribution is -2.48. The van der Waals surface area contributed by atoms with Crippen molar-refractivity contribution in [2.24, 2.45) is 10.9 Å². The Morgan fingerprint density at radius 2 is 2.23 bits per heavy atom. The Hall–Kier alpha value is -2.02. The lowest BCUT2D eigenvalue weighted by molar-refractivity contribution is 0.380. The van der Waals surface area contributed by atoms with Gasteiger partial charge in [-0.25, -0.2) is 9.97 Å². The van der Waals surface area contributed by atoms with Crippen molar-refractivity contribution >= 4 is 17.7 Å². The van der Waals surface area contributed by atoms with E-state index in [9.17, 15) is 0 Å². The monoisotopic (exact) mass is 372 g/mol. The molecule has 140 valence electrons. The van der Waals surface area contributed by atoms with Gasteiger partial charge in [-0.3, -0.25) is 9.56 Å². The van der Waals surface area contributed by atoms with Gasteiger partial charge >= 0.3 is 0 Å². The first kappa shape index (κ1) is 18.8. The highest BCUT2D eigenvalue weighted by atomic mass is 32.2. The second-order valence-electron chi connectivity index (χ2n) is 6.87. The van der Waals surface area contributed by atoms with Gasteiger partial charge in [-0.1, -0.05) is 19.9 Å². The van der Waals surface area contributed by atoms with Gasteiger partial charge in [0.25, 0.3) is 0 Å². The molecule has 2 aromatic rings. The van der Waals surface area contributed by atoms with Crippen LogP contribution in [0.25, 0.3) is 5.82 Å². The van der Waals surface area contributed by atoms with E-state index in [-0.39, 0.29) is 0 Å². The first-order chi connectivity index (χ1) is 12.6. The van der Waals surface area contributed by atoms with E-state index in [1.165, 1.54) is 0 Å². The number of nitrogens with one attached hydrogen (secondary N) is 1. The SMILES string of the molecule is CN=C(NCc1ccc(-n2ccnc2C)nc1)N1CCSC(C(C)C)C1. The number of imidazole rings is 1. The van der Waals surface area contributed by atoms with Crippen molar-refractivity contribution in [1.82, 2.24) is 24.8 Å². The van der Waals surface area contributed by atoms with Gasteiger partial charge < -0.3 is 10.2 Å². The molecule has 0 aliphatic carbocycles. The highest BCUT2D eigenvalue weighted by molar-refractivity contribution is 8.00. The molecule has 0 radical (unpaired) electrons. The molecule has 26 heavy (non-hydrogen) atoms. The first-order valence-corrected chi connectivity index (χ1v) is 10.2. The number of rotatable bonds is 4. The van der Waals surface area contributed by atoms with E-state index >= 15 is 0 Å². The summed E-state index contributed by atoms with van der Waals surface area (Å²) >= 11 is 2.08. The maximum atomic E-state index is 4.56. The van der Waals surface area contributed by atoms with Gasteiger partial charge in [0.1, 0.15) is 11.6 Å². The van der Waals surface area contributed by atoms with Crippen LogP contribution in [0.5, 0.6) is 0 Å².